The summed E-state index contributed by atoms with van der Waals surface area (Å²) in [5, 5.41) is 1.77. The molecule has 0 fully saturated rings. The molecule has 0 saturated heterocycles. The molecule has 0 radical (unpaired) electrons. The normalized spacial score (nSPS) is 21.5. The Hall–Kier alpha value is -0.303. The lowest BCUT2D eigenvalue weighted by Gasteiger charge is -2.05. The fourth-order valence-electron chi connectivity index (χ4n) is 1.69. The minimum atomic E-state index is -0.535. The zero-order valence-electron chi connectivity index (χ0n) is 8.34. The lowest BCUT2D eigenvalue weighted by Crippen LogP contribution is -2.04. The maximum absolute atomic E-state index is 2.43. The molecule has 0 aromatic carbocycles. The third-order valence-electron chi connectivity index (χ3n) is 2.61. The molecule has 0 aromatic rings. The maximum Gasteiger partial charge on any atom is 0.0859 e. The summed E-state index contributed by atoms with van der Waals surface area (Å²) in [5.74, 6) is 0. The van der Waals surface area contributed by atoms with Crippen molar-refractivity contribution in [2.75, 3.05) is 0 Å². The molecule has 1 aliphatic heterocycles. The molecule has 1 heteroatoms. The quantitative estimate of drug-likeness (QED) is 0.449. The van der Waals surface area contributed by atoms with E-state index >= 15 is 0 Å². The van der Waals surface area contributed by atoms with E-state index in [4.69, 9.17) is 0 Å². The average molecular weight is 180 g/mol. The molecule has 0 spiro atoms. The van der Waals surface area contributed by atoms with Crippen molar-refractivity contribution in [1.82, 2.24) is 0 Å². The van der Waals surface area contributed by atoms with Gasteiger partial charge in [0.25, 0.3) is 0 Å². The maximum atomic E-state index is 2.43. The number of rotatable bonds is 5. The Morgan fingerprint density at radius 1 is 1.25 bits per heavy atom. The highest BCUT2D eigenvalue weighted by atomic mass is 28.3. The molecule has 0 N–H and O–H groups in total. The molecule has 1 rings (SSSR count). The van der Waals surface area contributed by atoms with E-state index in [0.29, 0.717) is 0 Å². The summed E-state index contributed by atoms with van der Waals surface area (Å²) in [4.78, 5) is 0. The highest BCUT2D eigenvalue weighted by Gasteiger charge is 2.09. The Morgan fingerprint density at radius 3 is 2.67 bits per heavy atom. The summed E-state index contributed by atoms with van der Waals surface area (Å²) in [6.45, 7) is 4.70. The molecule has 1 unspecified atom stereocenters. The van der Waals surface area contributed by atoms with Gasteiger partial charge >= 0.3 is 0 Å². The number of allylic oxidation sites excluding steroid dienone is 3. The van der Waals surface area contributed by atoms with Gasteiger partial charge < -0.3 is 0 Å². The van der Waals surface area contributed by atoms with Crippen molar-refractivity contribution in [2.24, 2.45) is 0 Å². The van der Waals surface area contributed by atoms with Crippen LogP contribution in [0, 0.1) is 0 Å². The van der Waals surface area contributed by atoms with Gasteiger partial charge in [-0.3, -0.25) is 0 Å². The van der Waals surface area contributed by atoms with Gasteiger partial charge in [0.2, 0.25) is 0 Å². The van der Waals surface area contributed by atoms with Gasteiger partial charge in [0.1, 0.15) is 0 Å². The summed E-state index contributed by atoms with van der Waals surface area (Å²) in [6.07, 6.45) is 11.6. The Morgan fingerprint density at radius 2 is 2.08 bits per heavy atom. The van der Waals surface area contributed by atoms with Gasteiger partial charge in [-0.25, -0.2) is 0 Å². The van der Waals surface area contributed by atoms with E-state index in [9.17, 15) is 0 Å². The summed E-state index contributed by atoms with van der Waals surface area (Å²) in [5.41, 5.74) is 2.43. The first kappa shape index (κ1) is 9.78. The first-order chi connectivity index (χ1) is 5.84. The van der Waals surface area contributed by atoms with Crippen molar-refractivity contribution < 1.29 is 0 Å². The van der Waals surface area contributed by atoms with E-state index in [1.54, 1.807) is 5.20 Å². The minimum absolute atomic E-state index is 0.535. The van der Waals surface area contributed by atoms with Gasteiger partial charge in [0, 0.05) is 0 Å². The largest absolute Gasteiger partial charge is 0.0935 e. The summed E-state index contributed by atoms with van der Waals surface area (Å²) in [6, 6.07) is 0. The summed E-state index contributed by atoms with van der Waals surface area (Å²) in [7, 11) is -0.535. The second-order valence-corrected chi connectivity index (χ2v) is 6.43. The standard InChI is InChI=1S/C11H20Si/c1-3-4-5-6-8-11-9-7-10-12(11)2/h7,9-10,12H,3-6,8H2,1-2H3. The molecule has 0 aromatic heterocycles. The smallest absolute Gasteiger partial charge is 0.0859 e. The molecule has 1 aliphatic rings. The fourth-order valence-corrected chi connectivity index (χ4v) is 3.45. The van der Waals surface area contributed by atoms with E-state index in [0.717, 1.165) is 0 Å². The molecule has 1 atom stereocenters. The zero-order valence-corrected chi connectivity index (χ0v) is 9.50. The van der Waals surface area contributed by atoms with Crippen molar-refractivity contribution in [3.63, 3.8) is 0 Å². The summed E-state index contributed by atoms with van der Waals surface area (Å²) < 4.78 is 0. The lowest BCUT2D eigenvalue weighted by atomic mass is 10.1. The van der Waals surface area contributed by atoms with Crippen LogP contribution in [0.3, 0.4) is 0 Å². The predicted octanol–water partition coefficient (Wildman–Crippen LogP) is 3.39. The first-order valence-corrected chi connectivity index (χ1v) is 7.61. The second kappa shape index (κ2) is 5.36. The monoisotopic (exact) mass is 180 g/mol. The van der Waals surface area contributed by atoms with Crippen LogP contribution >= 0.6 is 0 Å². The van der Waals surface area contributed by atoms with Crippen LogP contribution in [0.5, 0.6) is 0 Å². The van der Waals surface area contributed by atoms with Crippen LogP contribution in [-0.4, -0.2) is 8.80 Å². The SMILES string of the molecule is CCCCCCC1=CC=C[SiH]1C. The van der Waals surface area contributed by atoms with E-state index in [-0.39, 0.29) is 0 Å². The van der Waals surface area contributed by atoms with Crippen LogP contribution in [0.2, 0.25) is 6.55 Å². The van der Waals surface area contributed by atoms with E-state index < -0.39 is 8.80 Å². The Bertz CT molecular complexity index is 179. The fraction of sp³-hybridized carbons (Fsp3) is 0.636. The topological polar surface area (TPSA) is 0 Å². The average Bonchev–Trinajstić information content (AvgIpc) is 2.46. The molecule has 0 saturated carbocycles. The molecular formula is C11H20Si. The summed E-state index contributed by atoms with van der Waals surface area (Å²) >= 11 is 0. The van der Waals surface area contributed by atoms with Gasteiger partial charge in [-0.15, -0.1) is 0 Å². The Kier molecular flexibility index (Phi) is 4.37. The number of hydrogen-bond acceptors (Lipinski definition) is 0. The third-order valence-corrected chi connectivity index (χ3v) is 5.06. The predicted molar refractivity (Wildman–Crippen MR) is 59.0 cm³/mol. The molecule has 68 valence electrons. The van der Waals surface area contributed by atoms with E-state index in [2.05, 4.69) is 31.3 Å². The van der Waals surface area contributed by atoms with Crippen LogP contribution in [0.4, 0.5) is 0 Å². The Balaban J connectivity index is 2.08. The van der Waals surface area contributed by atoms with Gasteiger partial charge in [-0.05, 0) is 12.8 Å². The van der Waals surface area contributed by atoms with Crippen molar-refractivity contribution >= 4 is 8.80 Å². The molecule has 12 heavy (non-hydrogen) atoms. The number of unbranched alkanes of at least 4 members (excludes halogenated alkanes) is 3. The molecule has 1 heterocycles. The van der Waals surface area contributed by atoms with Gasteiger partial charge in [0.05, 0.1) is 8.80 Å². The van der Waals surface area contributed by atoms with Crippen LogP contribution in [0.25, 0.3) is 0 Å². The third kappa shape index (κ3) is 2.98. The molecular weight excluding hydrogens is 160 g/mol. The minimum Gasteiger partial charge on any atom is -0.0935 e. The Labute approximate surface area is 78.0 Å². The lowest BCUT2D eigenvalue weighted by molar-refractivity contribution is 0.671. The van der Waals surface area contributed by atoms with E-state index in [1.807, 2.05) is 0 Å². The van der Waals surface area contributed by atoms with Crippen LogP contribution in [0.1, 0.15) is 39.0 Å². The first-order valence-electron chi connectivity index (χ1n) is 5.22. The molecule has 0 aliphatic carbocycles. The van der Waals surface area contributed by atoms with Gasteiger partial charge in [0.15, 0.2) is 0 Å². The van der Waals surface area contributed by atoms with Gasteiger partial charge in [-0.2, -0.15) is 0 Å². The number of hydrogen-bond donors (Lipinski definition) is 0. The van der Waals surface area contributed by atoms with Crippen molar-refractivity contribution in [2.45, 2.75) is 45.6 Å². The van der Waals surface area contributed by atoms with E-state index in [1.165, 1.54) is 32.1 Å². The molecule has 0 bridgehead atoms. The van der Waals surface area contributed by atoms with Crippen LogP contribution in [-0.2, 0) is 0 Å². The highest BCUT2D eigenvalue weighted by Crippen LogP contribution is 2.17. The van der Waals surface area contributed by atoms with Gasteiger partial charge in [-0.1, -0.05) is 55.8 Å². The molecule has 0 amide bonds. The van der Waals surface area contributed by atoms with Crippen molar-refractivity contribution in [3.8, 4) is 0 Å². The highest BCUT2D eigenvalue weighted by molar-refractivity contribution is 6.71. The van der Waals surface area contributed by atoms with Crippen molar-refractivity contribution in [1.29, 1.82) is 0 Å². The van der Waals surface area contributed by atoms with Crippen LogP contribution in [0.15, 0.2) is 23.0 Å². The van der Waals surface area contributed by atoms with Crippen LogP contribution < -0.4 is 0 Å². The second-order valence-electron chi connectivity index (χ2n) is 3.73. The van der Waals surface area contributed by atoms with Crippen molar-refractivity contribution in [3.05, 3.63) is 23.0 Å². The molecule has 0 nitrogen and oxygen atoms in total. The zero-order chi connectivity index (χ0) is 8.81.